The highest BCUT2D eigenvalue weighted by Gasteiger charge is 2.29. The summed E-state index contributed by atoms with van der Waals surface area (Å²) in [5.74, 6) is 0. The van der Waals surface area contributed by atoms with Crippen LogP contribution in [0.25, 0.3) is 0 Å². The third-order valence-electron chi connectivity index (χ3n) is 3.08. The zero-order chi connectivity index (χ0) is 15.3. The van der Waals surface area contributed by atoms with Crippen LogP contribution in [-0.2, 0) is 16.6 Å². The third kappa shape index (κ3) is 4.04. The molecule has 0 unspecified atom stereocenters. The van der Waals surface area contributed by atoms with Gasteiger partial charge in [-0.25, -0.2) is 8.42 Å². The Hall–Kier alpha value is -0.430. The van der Waals surface area contributed by atoms with E-state index in [0.717, 1.165) is 29.3 Å². The van der Waals surface area contributed by atoms with Crippen molar-refractivity contribution in [1.82, 2.24) is 9.62 Å². The van der Waals surface area contributed by atoms with E-state index in [0.29, 0.717) is 11.4 Å². The fourth-order valence-corrected chi connectivity index (χ4v) is 5.42. The molecule has 20 heavy (non-hydrogen) atoms. The summed E-state index contributed by atoms with van der Waals surface area (Å²) >= 11 is 1.56. The molecule has 6 heteroatoms. The lowest BCUT2D eigenvalue weighted by molar-refractivity contribution is 0.354. The van der Waals surface area contributed by atoms with Crippen LogP contribution >= 0.6 is 11.3 Å². The molecule has 0 aliphatic heterocycles. The van der Waals surface area contributed by atoms with Crippen LogP contribution in [0.15, 0.2) is 11.0 Å². The lowest BCUT2D eigenvalue weighted by Crippen LogP contribution is -2.37. The highest BCUT2D eigenvalue weighted by Crippen LogP contribution is 2.29. The topological polar surface area (TPSA) is 49.4 Å². The van der Waals surface area contributed by atoms with Gasteiger partial charge >= 0.3 is 0 Å². The summed E-state index contributed by atoms with van der Waals surface area (Å²) in [5, 5.41) is 3.24. The monoisotopic (exact) mass is 318 g/mol. The SMILES string of the molecule is CCCN(C(C)C)S(=O)(=O)c1cc(CNCC)sc1C. The Morgan fingerprint density at radius 2 is 2.00 bits per heavy atom. The lowest BCUT2D eigenvalue weighted by atomic mass is 10.4. The zero-order valence-corrected chi connectivity index (χ0v) is 14.7. The number of aryl methyl sites for hydroxylation is 1. The van der Waals surface area contributed by atoms with Crippen LogP contribution in [0.3, 0.4) is 0 Å². The molecule has 0 aliphatic rings. The molecule has 0 fully saturated rings. The second-order valence-electron chi connectivity index (χ2n) is 5.12. The molecule has 1 N–H and O–H groups in total. The maximum atomic E-state index is 12.8. The van der Waals surface area contributed by atoms with Gasteiger partial charge < -0.3 is 5.32 Å². The summed E-state index contributed by atoms with van der Waals surface area (Å²) in [6.45, 7) is 12.0. The van der Waals surface area contributed by atoms with E-state index in [4.69, 9.17) is 0 Å². The number of hydrogen-bond donors (Lipinski definition) is 1. The van der Waals surface area contributed by atoms with Gasteiger partial charge in [0.1, 0.15) is 0 Å². The standard InChI is InChI=1S/C14H26N2O2S2/c1-6-8-16(11(3)4)20(17,18)14-9-13(10-15-7-2)19-12(14)5/h9,11,15H,6-8,10H2,1-5H3. The molecule has 0 bridgehead atoms. The van der Waals surface area contributed by atoms with Crippen LogP contribution in [-0.4, -0.2) is 31.9 Å². The van der Waals surface area contributed by atoms with Gasteiger partial charge in [0.25, 0.3) is 0 Å². The summed E-state index contributed by atoms with van der Waals surface area (Å²) in [6.07, 6.45) is 0.824. The number of nitrogens with zero attached hydrogens (tertiary/aromatic N) is 1. The molecule has 1 rings (SSSR count). The fraction of sp³-hybridized carbons (Fsp3) is 0.714. The maximum Gasteiger partial charge on any atom is 0.244 e. The van der Waals surface area contributed by atoms with Gasteiger partial charge in [-0.3, -0.25) is 0 Å². The quantitative estimate of drug-likeness (QED) is 0.801. The Morgan fingerprint density at radius 3 is 2.50 bits per heavy atom. The van der Waals surface area contributed by atoms with E-state index in [2.05, 4.69) is 5.32 Å². The molecular weight excluding hydrogens is 292 g/mol. The van der Waals surface area contributed by atoms with E-state index in [9.17, 15) is 8.42 Å². The van der Waals surface area contributed by atoms with Crippen molar-refractivity contribution in [3.05, 3.63) is 15.8 Å². The first-order valence-electron chi connectivity index (χ1n) is 7.16. The molecule has 0 amide bonds. The first-order chi connectivity index (χ1) is 9.34. The number of thiophene rings is 1. The minimum Gasteiger partial charge on any atom is -0.312 e. The van der Waals surface area contributed by atoms with Crippen molar-refractivity contribution >= 4 is 21.4 Å². The van der Waals surface area contributed by atoms with E-state index in [-0.39, 0.29) is 6.04 Å². The van der Waals surface area contributed by atoms with Crippen LogP contribution in [0.4, 0.5) is 0 Å². The van der Waals surface area contributed by atoms with Crippen LogP contribution in [0, 0.1) is 6.92 Å². The Bertz CT molecular complexity index is 521. The molecule has 1 aromatic heterocycles. The Labute approximate surface area is 127 Å². The van der Waals surface area contributed by atoms with E-state index in [1.165, 1.54) is 0 Å². The minimum atomic E-state index is -3.38. The van der Waals surface area contributed by atoms with Crippen molar-refractivity contribution in [2.24, 2.45) is 0 Å². The van der Waals surface area contributed by atoms with Crippen molar-refractivity contribution in [2.45, 2.75) is 58.5 Å². The summed E-state index contributed by atoms with van der Waals surface area (Å²) in [7, 11) is -3.38. The van der Waals surface area contributed by atoms with Crippen molar-refractivity contribution in [3.8, 4) is 0 Å². The Morgan fingerprint density at radius 1 is 1.35 bits per heavy atom. The number of sulfonamides is 1. The smallest absolute Gasteiger partial charge is 0.244 e. The first kappa shape index (κ1) is 17.6. The molecule has 0 atom stereocenters. The lowest BCUT2D eigenvalue weighted by Gasteiger charge is -2.25. The number of hydrogen-bond acceptors (Lipinski definition) is 4. The van der Waals surface area contributed by atoms with Gasteiger partial charge in [0.2, 0.25) is 10.0 Å². The van der Waals surface area contributed by atoms with Gasteiger partial charge in [-0.15, -0.1) is 11.3 Å². The summed E-state index contributed by atoms with van der Waals surface area (Å²) < 4.78 is 27.2. The summed E-state index contributed by atoms with van der Waals surface area (Å²) in [5.41, 5.74) is 0. The zero-order valence-electron chi connectivity index (χ0n) is 13.1. The van der Waals surface area contributed by atoms with E-state index in [1.807, 2.05) is 40.7 Å². The van der Waals surface area contributed by atoms with Crippen LogP contribution < -0.4 is 5.32 Å². The van der Waals surface area contributed by atoms with Crippen molar-refractivity contribution in [1.29, 1.82) is 0 Å². The van der Waals surface area contributed by atoms with Crippen LogP contribution in [0.5, 0.6) is 0 Å². The van der Waals surface area contributed by atoms with Gasteiger partial charge in [0, 0.05) is 28.9 Å². The highest BCUT2D eigenvalue weighted by molar-refractivity contribution is 7.89. The Balaban J connectivity index is 3.10. The average Bonchev–Trinajstić information content (AvgIpc) is 2.74. The molecule has 0 aliphatic carbocycles. The van der Waals surface area contributed by atoms with Crippen molar-refractivity contribution < 1.29 is 8.42 Å². The first-order valence-corrected chi connectivity index (χ1v) is 9.42. The molecule has 4 nitrogen and oxygen atoms in total. The molecule has 116 valence electrons. The second kappa shape index (κ2) is 7.54. The molecule has 1 heterocycles. The third-order valence-corrected chi connectivity index (χ3v) is 6.46. The fourth-order valence-electron chi connectivity index (χ4n) is 2.12. The van der Waals surface area contributed by atoms with Crippen LogP contribution in [0.1, 0.15) is 43.9 Å². The molecule has 1 aromatic rings. The Kier molecular flexibility index (Phi) is 6.64. The van der Waals surface area contributed by atoms with Crippen molar-refractivity contribution in [2.75, 3.05) is 13.1 Å². The molecule has 0 spiro atoms. The summed E-state index contributed by atoms with van der Waals surface area (Å²) in [6, 6.07) is 1.81. The van der Waals surface area contributed by atoms with E-state index >= 15 is 0 Å². The van der Waals surface area contributed by atoms with E-state index < -0.39 is 10.0 Å². The van der Waals surface area contributed by atoms with Gasteiger partial charge in [0.15, 0.2) is 0 Å². The molecule has 0 saturated heterocycles. The van der Waals surface area contributed by atoms with Gasteiger partial charge in [-0.2, -0.15) is 4.31 Å². The minimum absolute atomic E-state index is 0.0172. The molecule has 0 aromatic carbocycles. The highest BCUT2D eigenvalue weighted by atomic mass is 32.2. The molecular formula is C14H26N2O2S2. The predicted octanol–water partition coefficient (Wildman–Crippen LogP) is 2.98. The van der Waals surface area contributed by atoms with Gasteiger partial charge in [0.05, 0.1) is 4.90 Å². The van der Waals surface area contributed by atoms with E-state index in [1.54, 1.807) is 15.6 Å². The number of rotatable bonds is 8. The van der Waals surface area contributed by atoms with Gasteiger partial charge in [-0.05, 0) is 39.8 Å². The second-order valence-corrected chi connectivity index (χ2v) is 8.32. The largest absolute Gasteiger partial charge is 0.312 e. The van der Waals surface area contributed by atoms with Gasteiger partial charge in [-0.1, -0.05) is 13.8 Å². The average molecular weight is 319 g/mol. The van der Waals surface area contributed by atoms with Crippen LogP contribution in [0.2, 0.25) is 0 Å². The maximum absolute atomic E-state index is 12.8. The van der Waals surface area contributed by atoms with Crippen molar-refractivity contribution in [3.63, 3.8) is 0 Å². The number of nitrogens with one attached hydrogen (secondary N) is 1. The molecule has 0 saturated carbocycles. The molecule has 0 radical (unpaired) electrons. The predicted molar refractivity (Wildman–Crippen MR) is 85.8 cm³/mol. The normalized spacial score (nSPS) is 12.6. The summed E-state index contributed by atoms with van der Waals surface area (Å²) in [4.78, 5) is 2.42.